The summed E-state index contributed by atoms with van der Waals surface area (Å²) in [4.78, 5) is 26.1. The number of carboxylic acid groups (broad SMARTS) is 1. The lowest BCUT2D eigenvalue weighted by molar-refractivity contribution is 0.0682. The van der Waals surface area contributed by atoms with Gasteiger partial charge in [-0.2, -0.15) is 5.10 Å². The molecule has 1 aromatic heterocycles. The summed E-state index contributed by atoms with van der Waals surface area (Å²) in [6.45, 7) is 10.6. The van der Waals surface area contributed by atoms with Crippen molar-refractivity contribution in [1.29, 1.82) is 0 Å². The van der Waals surface area contributed by atoms with Crippen LogP contribution in [0.3, 0.4) is 0 Å². The molecule has 1 aromatic carbocycles. The summed E-state index contributed by atoms with van der Waals surface area (Å²) in [7, 11) is 1.61. The van der Waals surface area contributed by atoms with Gasteiger partial charge in [-0.1, -0.05) is 30.4 Å². The standard InChI is InChI=1S/C21H26N4O3/c1-13(2)14-7-6-8-15(11-14)21(3,4)22-20(28)25-10-9-17-16(12-25)18(19(26)27)24(5)23-17/h6-8,11H,1,9-10,12H2,2-5H3,(H,22,28)(H,26,27). The lowest BCUT2D eigenvalue weighted by Crippen LogP contribution is -2.49. The summed E-state index contributed by atoms with van der Waals surface area (Å²) < 4.78 is 1.38. The summed E-state index contributed by atoms with van der Waals surface area (Å²) in [5, 5.41) is 16.8. The van der Waals surface area contributed by atoms with Crippen LogP contribution in [0, 0.1) is 0 Å². The van der Waals surface area contributed by atoms with E-state index in [1.165, 1.54) is 4.68 Å². The summed E-state index contributed by atoms with van der Waals surface area (Å²) in [6, 6.07) is 7.73. The molecule has 2 aromatic rings. The first kappa shape index (κ1) is 19.7. The predicted molar refractivity (Wildman–Crippen MR) is 107 cm³/mol. The van der Waals surface area contributed by atoms with E-state index in [-0.39, 0.29) is 18.3 Å². The van der Waals surface area contributed by atoms with E-state index in [4.69, 9.17) is 0 Å². The molecular formula is C21H26N4O3. The number of hydrogen-bond donors (Lipinski definition) is 2. The zero-order valence-corrected chi connectivity index (χ0v) is 16.7. The number of amides is 2. The molecule has 0 saturated carbocycles. The van der Waals surface area contributed by atoms with Gasteiger partial charge in [0.1, 0.15) is 0 Å². The van der Waals surface area contributed by atoms with Crippen LogP contribution in [0.15, 0.2) is 30.8 Å². The molecular weight excluding hydrogens is 356 g/mol. The number of benzene rings is 1. The first-order valence-electron chi connectivity index (χ1n) is 9.21. The minimum atomic E-state index is -1.03. The Morgan fingerprint density at radius 2 is 2.04 bits per heavy atom. The van der Waals surface area contributed by atoms with Crippen LogP contribution in [0.5, 0.6) is 0 Å². The third-order valence-electron chi connectivity index (χ3n) is 5.18. The van der Waals surface area contributed by atoms with Gasteiger partial charge in [-0.15, -0.1) is 0 Å². The van der Waals surface area contributed by atoms with Crippen LogP contribution in [-0.2, 0) is 25.6 Å². The molecule has 0 saturated heterocycles. The number of aryl methyl sites for hydroxylation is 1. The highest BCUT2D eigenvalue weighted by molar-refractivity contribution is 5.88. The van der Waals surface area contributed by atoms with Crippen LogP contribution in [-0.4, -0.2) is 38.3 Å². The SMILES string of the molecule is C=C(C)c1cccc(C(C)(C)NC(=O)N2CCc3nn(C)c(C(=O)O)c3C2)c1. The zero-order chi connectivity index (χ0) is 20.6. The van der Waals surface area contributed by atoms with E-state index < -0.39 is 11.5 Å². The van der Waals surface area contributed by atoms with Gasteiger partial charge < -0.3 is 15.3 Å². The van der Waals surface area contributed by atoms with Crippen molar-refractivity contribution in [3.63, 3.8) is 0 Å². The van der Waals surface area contributed by atoms with Gasteiger partial charge in [0.15, 0.2) is 5.69 Å². The molecule has 1 aliphatic rings. The highest BCUT2D eigenvalue weighted by Crippen LogP contribution is 2.26. The molecule has 0 radical (unpaired) electrons. The molecule has 0 fully saturated rings. The molecule has 2 amide bonds. The van der Waals surface area contributed by atoms with E-state index in [0.29, 0.717) is 18.5 Å². The van der Waals surface area contributed by atoms with Crippen molar-refractivity contribution >= 4 is 17.6 Å². The number of allylic oxidation sites excluding steroid dienone is 1. The fourth-order valence-corrected chi connectivity index (χ4v) is 3.53. The Bertz CT molecular complexity index is 959. The van der Waals surface area contributed by atoms with Gasteiger partial charge in [0, 0.05) is 25.6 Å². The fourth-order valence-electron chi connectivity index (χ4n) is 3.53. The Labute approximate surface area is 164 Å². The van der Waals surface area contributed by atoms with Gasteiger partial charge >= 0.3 is 12.0 Å². The normalized spacial score (nSPS) is 13.8. The maximum atomic E-state index is 12.9. The third kappa shape index (κ3) is 3.65. The van der Waals surface area contributed by atoms with Gasteiger partial charge in [0.25, 0.3) is 0 Å². The molecule has 2 heterocycles. The van der Waals surface area contributed by atoms with Crippen LogP contribution in [0.4, 0.5) is 4.79 Å². The maximum absolute atomic E-state index is 12.9. The molecule has 148 valence electrons. The molecule has 0 unspecified atom stereocenters. The summed E-state index contributed by atoms with van der Waals surface area (Å²) in [5.74, 6) is -1.03. The molecule has 0 spiro atoms. The van der Waals surface area contributed by atoms with Gasteiger partial charge in [-0.25, -0.2) is 9.59 Å². The lowest BCUT2D eigenvalue weighted by atomic mass is 9.91. The van der Waals surface area contributed by atoms with Crippen LogP contribution >= 0.6 is 0 Å². The van der Waals surface area contributed by atoms with Gasteiger partial charge in [0.2, 0.25) is 0 Å². The maximum Gasteiger partial charge on any atom is 0.354 e. The molecule has 0 bridgehead atoms. The van der Waals surface area contributed by atoms with Crippen molar-refractivity contribution in [2.45, 2.75) is 39.3 Å². The molecule has 1 aliphatic heterocycles. The zero-order valence-electron chi connectivity index (χ0n) is 16.7. The Kier molecular flexibility index (Phi) is 5.02. The Morgan fingerprint density at radius 3 is 2.68 bits per heavy atom. The number of carboxylic acids is 1. The molecule has 28 heavy (non-hydrogen) atoms. The van der Waals surface area contributed by atoms with Crippen molar-refractivity contribution in [2.75, 3.05) is 6.54 Å². The number of nitrogens with zero attached hydrogens (tertiary/aromatic N) is 3. The summed E-state index contributed by atoms with van der Waals surface area (Å²) in [5.41, 5.74) is 3.88. The van der Waals surface area contributed by atoms with Crippen molar-refractivity contribution in [1.82, 2.24) is 20.0 Å². The monoisotopic (exact) mass is 382 g/mol. The van der Waals surface area contributed by atoms with Crippen LogP contribution in [0.25, 0.3) is 5.57 Å². The second-order valence-electron chi connectivity index (χ2n) is 7.79. The number of aromatic carboxylic acids is 1. The number of carbonyl (C=O) groups excluding carboxylic acids is 1. The molecule has 0 atom stereocenters. The molecule has 2 N–H and O–H groups in total. The van der Waals surface area contributed by atoms with Crippen molar-refractivity contribution in [2.24, 2.45) is 7.05 Å². The number of rotatable bonds is 4. The highest BCUT2D eigenvalue weighted by atomic mass is 16.4. The van der Waals surface area contributed by atoms with Crippen molar-refractivity contribution in [3.05, 3.63) is 58.9 Å². The summed E-state index contributed by atoms with van der Waals surface area (Å²) in [6.07, 6.45) is 0.537. The van der Waals surface area contributed by atoms with Crippen molar-refractivity contribution < 1.29 is 14.7 Å². The van der Waals surface area contributed by atoms with Gasteiger partial charge in [-0.05, 0) is 38.0 Å². The fraction of sp³-hybridized carbons (Fsp3) is 0.381. The molecule has 7 nitrogen and oxygen atoms in total. The second-order valence-corrected chi connectivity index (χ2v) is 7.79. The quantitative estimate of drug-likeness (QED) is 0.850. The molecule has 3 rings (SSSR count). The van der Waals surface area contributed by atoms with Crippen LogP contribution in [0.2, 0.25) is 0 Å². The first-order valence-corrected chi connectivity index (χ1v) is 9.21. The van der Waals surface area contributed by atoms with Gasteiger partial charge in [0.05, 0.1) is 17.8 Å². The first-order chi connectivity index (χ1) is 13.1. The molecule has 0 aliphatic carbocycles. The Balaban J connectivity index is 1.79. The Morgan fingerprint density at radius 1 is 1.32 bits per heavy atom. The lowest BCUT2D eigenvalue weighted by Gasteiger charge is -2.33. The topological polar surface area (TPSA) is 87.5 Å². The van der Waals surface area contributed by atoms with E-state index >= 15 is 0 Å². The highest BCUT2D eigenvalue weighted by Gasteiger charge is 2.31. The largest absolute Gasteiger partial charge is 0.477 e. The van der Waals surface area contributed by atoms with Crippen molar-refractivity contribution in [3.8, 4) is 0 Å². The number of aromatic nitrogens is 2. The predicted octanol–water partition coefficient (Wildman–Crippen LogP) is 3.15. The minimum Gasteiger partial charge on any atom is -0.477 e. The van der Waals surface area contributed by atoms with Crippen LogP contribution < -0.4 is 5.32 Å². The third-order valence-corrected chi connectivity index (χ3v) is 5.18. The average Bonchev–Trinajstić information content (AvgIpc) is 2.96. The van der Waals surface area contributed by atoms with Crippen LogP contribution in [0.1, 0.15) is 53.6 Å². The average molecular weight is 382 g/mol. The number of fused-ring (bicyclic) bond motifs is 1. The Hall–Kier alpha value is -3.09. The molecule has 7 heteroatoms. The number of carbonyl (C=O) groups is 2. The van der Waals surface area contributed by atoms with E-state index in [1.807, 2.05) is 45.0 Å². The van der Waals surface area contributed by atoms with E-state index in [9.17, 15) is 14.7 Å². The summed E-state index contributed by atoms with van der Waals surface area (Å²) >= 11 is 0. The number of hydrogen-bond acceptors (Lipinski definition) is 3. The van der Waals surface area contributed by atoms with E-state index in [0.717, 1.165) is 22.4 Å². The number of nitrogens with one attached hydrogen (secondary N) is 1. The number of urea groups is 1. The second kappa shape index (κ2) is 7.14. The van der Waals surface area contributed by atoms with E-state index in [2.05, 4.69) is 17.0 Å². The smallest absolute Gasteiger partial charge is 0.354 e. The van der Waals surface area contributed by atoms with E-state index in [1.54, 1.807) is 11.9 Å². The minimum absolute atomic E-state index is 0.140. The van der Waals surface area contributed by atoms with Gasteiger partial charge in [-0.3, -0.25) is 4.68 Å².